The van der Waals surface area contributed by atoms with Gasteiger partial charge in [-0.2, -0.15) is 0 Å². The van der Waals surface area contributed by atoms with Crippen LogP contribution in [0, 0.1) is 0 Å². The average Bonchev–Trinajstić information content (AvgIpc) is 0. The summed E-state index contributed by atoms with van der Waals surface area (Å²) in [6.07, 6.45) is 0. The molecule has 7 heavy (non-hydrogen) atoms. The smallest absolute Gasteiger partial charge is 0.693 e. The molecule has 0 aromatic carbocycles. The minimum Gasteiger partial charge on any atom is -0.693 e. The van der Waals surface area contributed by atoms with Crippen LogP contribution in [0.3, 0.4) is 0 Å². The molecule has 0 heterocycles. The molecule has 0 aromatic heterocycles. The van der Waals surface area contributed by atoms with Gasteiger partial charge in [-0.15, -0.1) is 0 Å². The molecule has 0 atom stereocenters. The molecule has 7 heteroatoms. The zero-order valence-corrected chi connectivity index (χ0v) is 5.56. The Morgan fingerprint density at radius 3 is 0.286 bits per heavy atom. The van der Waals surface area contributed by atoms with Gasteiger partial charge in [-0.25, -0.2) is 0 Å². The summed E-state index contributed by atoms with van der Waals surface area (Å²) in [6.45, 7) is 0. The summed E-state index contributed by atoms with van der Waals surface area (Å²) < 4.78 is 0. The van der Waals surface area contributed by atoms with Gasteiger partial charge in [0.2, 0.25) is 0 Å². The fraction of sp³-hybridized carbons (Fsp3) is 0. The Morgan fingerprint density at radius 2 is 0.286 bits per heavy atom. The van der Waals surface area contributed by atoms with E-state index in [1.807, 2.05) is 0 Å². The maximum atomic E-state index is 0. The van der Waals surface area contributed by atoms with E-state index in [0.29, 0.717) is 0 Å². The summed E-state index contributed by atoms with van der Waals surface area (Å²) in [6, 6.07) is 0. The predicted octanol–water partition coefficient (Wildman–Crippen LogP) is 4.30. The second-order valence-electron chi connectivity index (χ2n) is 0. The van der Waals surface area contributed by atoms with Crippen LogP contribution in [0.1, 0.15) is 0 Å². The van der Waals surface area contributed by atoms with E-state index >= 15 is 0 Å². The van der Waals surface area contributed by atoms with E-state index in [4.69, 9.17) is 0 Å². The van der Waals surface area contributed by atoms with E-state index in [2.05, 4.69) is 0 Å². The second-order valence-corrected chi connectivity index (χ2v) is 0. The maximum absolute atomic E-state index is 0. The van der Waals surface area contributed by atoms with Crippen molar-refractivity contribution in [2.45, 2.75) is 0 Å². The van der Waals surface area contributed by atoms with Crippen LogP contribution < -0.4 is 0 Å². The molecule has 0 radical (unpaired) electrons. The van der Waals surface area contributed by atoms with E-state index < -0.39 is 0 Å². The van der Waals surface area contributed by atoms with Crippen molar-refractivity contribution in [1.82, 2.24) is 0 Å². The molecule has 0 spiro atoms. The summed E-state index contributed by atoms with van der Waals surface area (Å²) in [7, 11) is 0. The number of hydrogen-bond donors (Lipinski definition) is 0. The normalized spacial score (nSPS) is 0. The molecule has 48 valence electrons. The number of nitrogens with two attached hydrogens (primary N) is 6. The molecule has 0 saturated carbocycles. The van der Waals surface area contributed by atoms with Crippen LogP contribution in [0.25, 0.3) is 36.9 Å². The summed E-state index contributed by atoms with van der Waals surface area (Å²) in [4.78, 5) is 0. The van der Waals surface area contributed by atoms with Gasteiger partial charge in [0, 0.05) is 0 Å². The Labute approximate surface area is 57.1 Å². The molecule has 0 saturated heterocycles. The first-order valence-corrected chi connectivity index (χ1v) is 0. The minimum absolute atomic E-state index is 0. The van der Waals surface area contributed by atoms with Crippen molar-refractivity contribution in [2.24, 2.45) is 0 Å². The van der Waals surface area contributed by atoms with Gasteiger partial charge in [-0.3, -0.25) is 0 Å². The van der Waals surface area contributed by atoms with Gasteiger partial charge in [-0.1, -0.05) is 0 Å². The van der Waals surface area contributed by atoms with Crippen LogP contribution in [-0.4, -0.2) is 0 Å². The van der Waals surface area contributed by atoms with E-state index in [1.165, 1.54) is 0 Å². The molecule has 0 amide bonds. The Balaban J connectivity index is 0. The summed E-state index contributed by atoms with van der Waals surface area (Å²) in [5.74, 6) is 0. The number of rotatable bonds is 0. The molecule has 0 fully saturated rings. The third-order valence-electron chi connectivity index (χ3n) is 0. The van der Waals surface area contributed by atoms with Gasteiger partial charge < -0.3 is 36.9 Å². The first kappa shape index (κ1) is 2050. The predicted molar refractivity (Wildman–Crippen MR) is 31.7 cm³/mol. The molecule has 12 N–H and O–H groups in total. The fourth-order valence-corrected chi connectivity index (χ4v) is 0. The Hall–Kier alpha value is 0.383. The van der Waals surface area contributed by atoms with E-state index in [0.717, 1.165) is 0 Å². The molecule has 0 unspecified atom stereocenters. The Morgan fingerprint density at radius 1 is 0.286 bits per heavy atom. The molecule has 0 aromatic rings. The largest absolute Gasteiger partial charge is 8.00 e. The van der Waals surface area contributed by atoms with E-state index in [9.17, 15) is 0 Å². The van der Waals surface area contributed by atoms with Crippen LogP contribution in [0.4, 0.5) is 0 Å². The molecule has 0 aliphatic rings. The van der Waals surface area contributed by atoms with Crippen molar-refractivity contribution in [3.05, 3.63) is 36.9 Å². The fourth-order valence-electron chi connectivity index (χ4n) is 0. The molecular weight excluding hydrogens is 185 g/mol. The van der Waals surface area contributed by atoms with Gasteiger partial charge in [-0.05, 0) is 0 Å². The first-order valence-electron chi connectivity index (χ1n) is 0. The van der Waals surface area contributed by atoms with Gasteiger partial charge in [0.05, 0.1) is 0 Å². The van der Waals surface area contributed by atoms with Crippen LogP contribution in [0.2, 0.25) is 0 Å². The zero-order chi connectivity index (χ0) is 0. The van der Waals surface area contributed by atoms with Gasteiger partial charge in [0.1, 0.15) is 0 Å². The standard InChI is InChI=1S/6H2N.Ru/h6*1H2;/q6*-1;+8. The summed E-state index contributed by atoms with van der Waals surface area (Å²) in [5.41, 5.74) is 0. The van der Waals surface area contributed by atoms with E-state index in [1.54, 1.807) is 0 Å². The minimum atomic E-state index is 0. The SMILES string of the molecule is [NH2-].[NH2-].[NH2-].[NH2-].[NH2-].[NH2-].[Ru+8]. The average molecular weight is 197 g/mol. The van der Waals surface area contributed by atoms with Crippen LogP contribution in [0.15, 0.2) is 0 Å². The first-order chi connectivity index (χ1) is 0. The molecule has 0 rings (SSSR count). The molecule has 0 aliphatic carbocycles. The van der Waals surface area contributed by atoms with Crippen molar-refractivity contribution < 1.29 is 19.5 Å². The van der Waals surface area contributed by atoms with Crippen molar-refractivity contribution >= 4 is 0 Å². The Kier molecular flexibility index (Phi) is 368000. The third-order valence-corrected chi connectivity index (χ3v) is 0. The zero-order valence-electron chi connectivity index (χ0n) is 3.82. The van der Waals surface area contributed by atoms with Crippen LogP contribution >= 0.6 is 0 Å². The summed E-state index contributed by atoms with van der Waals surface area (Å²) in [5, 5.41) is 0. The van der Waals surface area contributed by atoms with Gasteiger partial charge >= 0.3 is 19.5 Å². The quantitative estimate of drug-likeness (QED) is 0.498. The summed E-state index contributed by atoms with van der Waals surface area (Å²) >= 11 is 0. The van der Waals surface area contributed by atoms with Crippen molar-refractivity contribution in [1.29, 1.82) is 0 Å². The van der Waals surface area contributed by atoms with Crippen molar-refractivity contribution in [3.63, 3.8) is 0 Å². The van der Waals surface area contributed by atoms with Gasteiger partial charge in [0.15, 0.2) is 0 Å². The van der Waals surface area contributed by atoms with Gasteiger partial charge in [0.25, 0.3) is 0 Å². The topological polar surface area (TPSA) is 201 Å². The maximum Gasteiger partial charge on any atom is 8.00 e. The molecule has 6 nitrogen and oxygen atoms in total. The molecule has 0 aliphatic heterocycles. The Bertz CT molecular complexity index is 4.14. The monoisotopic (exact) mass is 198 g/mol. The van der Waals surface area contributed by atoms with Crippen molar-refractivity contribution in [3.8, 4) is 0 Å². The molecule has 0 bridgehead atoms. The third kappa shape index (κ3) is 834. The van der Waals surface area contributed by atoms with Crippen molar-refractivity contribution in [2.75, 3.05) is 0 Å². The van der Waals surface area contributed by atoms with Crippen LogP contribution in [-0.2, 0) is 19.5 Å². The van der Waals surface area contributed by atoms with Crippen LogP contribution in [0.5, 0.6) is 0 Å². The molecular formula is H12N6Ru+2. The number of hydrogen-bond acceptors (Lipinski definition) is 0. The van der Waals surface area contributed by atoms with E-state index in [-0.39, 0.29) is 56.4 Å². The second kappa shape index (κ2) is 1260.